The second kappa shape index (κ2) is 12.6. The van der Waals surface area contributed by atoms with Crippen molar-refractivity contribution in [3.05, 3.63) is 95.8 Å². The molecule has 4 nitrogen and oxygen atoms in total. The van der Waals surface area contributed by atoms with Gasteiger partial charge >= 0.3 is 5.97 Å². The molecule has 0 saturated heterocycles. The summed E-state index contributed by atoms with van der Waals surface area (Å²) in [4.78, 5) is 15.4. The number of aromatic nitrogens is 1. The Kier molecular flexibility index (Phi) is 9.25. The highest BCUT2D eigenvalue weighted by molar-refractivity contribution is 5.86. The molecule has 0 bridgehead atoms. The maximum Gasteiger partial charge on any atom is 0.333 e. The molecular formula is C29H33NO3. The van der Waals surface area contributed by atoms with Crippen LogP contribution in [0.2, 0.25) is 0 Å². The molecule has 33 heavy (non-hydrogen) atoms. The van der Waals surface area contributed by atoms with E-state index in [2.05, 4.69) is 61.0 Å². The summed E-state index contributed by atoms with van der Waals surface area (Å²) in [5.74, 6) is 0.458. The third-order valence-corrected chi connectivity index (χ3v) is 5.53. The number of esters is 1. The van der Waals surface area contributed by atoms with Crippen LogP contribution in [0, 0.1) is 6.92 Å². The van der Waals surface area contributed by atoms with Crippen LogP contribution in [0.3, 0.4) is 0 Å². The van der Waals surface area contributed by atoms with Gasteiger partial charge in [0.2, 0.25) is 0 Å². The van der Waals surface area contributed by atoms with Crippen molar-refractivity contribution in [3.63, 3.8) is 0 Å². The largest absolute Gasteiger partial charge is 0.493 e. The molecule has 0 radical (unpaired) electrons. The smallest absolute Gasteiger partial charge is 0.333 e. The number of unbranched alkanes of at least 4 members (excludes halogenated alkanes) is 1. The summed E-state index contributed by atoms with van der Waals surface area (Å²) in [7, 11) is 0. The van der Waals surface area contributed by atoms with Gasteiger partial charge < -0.3 is 9.47 Å². The maximum atomic E-state index is 11.4. The first-order valence-electron chi connectivity index (χ1n) is 11.6. The molecule has 0 fully saturated rings. The van der Waals surface area contributed by atoms with Gasteiger partial charge in [0.05, 0.1) is 13.2 Å². The topological polar surface area (TPSA) is 48.4 Å². The average Bonchev–Trinajstić information content (AvgIpc) is 2.83. The van der Waals surface area contributed by atoms with E-state index in [0.29, 0.717) is 25.2 Å². The SMILES string of the molecule is C=C(C)C(=O)OCCCOc1ccc(-c2ccc(CCCCc3ccncc3)cc2C)cc1. The van der Waals surface area contributed by atoms with Gasteiger partial charge in [-0.05, 0) is 91.6 Å². The number of carbonyl (C=O) groups excluding carboxylic acids is 1. The van der Waals surface area contributed by atoms with E-state index in [4.69, 9.17) is 9.47 Å². The van der Waals surface area contributed by atoms with E-state index in [1.54, 1.807) is 6.92 Å². The van der Waals surface area contributed by atoms with Crippen LogP contribution in [-0.4, -0.2) is 24.2 Å². The fraction of sp³-hybridized carbons (Fsp3) is 0.310. The molecule has 0 atom stereocenters. The van der Waals surface area contributed by atoms with Crippen molar-refractivity contribution in [1.82, 2.24) is 4.98 Å². The maximum absolute atomic E-state index is 11.4. The van der Waals surface area contributed by atoms with Gasteiger partial charge in [0.15, 0.2) is 0 Å². The number of nitrogens with zero attached hydrogens (tertiary/aromatic N) is 1. The summed E-state index contributed by atoms with van der Waals surface area (Å²) in [6.07, 6.45) is 8.93. The van der Waals surface area contributed by atoms with Crippen LogP contribution in [0.5, 0.6) is 5.75 Å². The molecule has 1 aromatic heterocycles. The predicted octanol–water partition coefficient (Wildman–Crippen LogP) is 6.51. The number of aryl methyl sites for hydroxylation is 3. The first kappa shape index (κ1) is 24.2. The van der Waals surface area contributed by atoms with E-state index in [0.717, 1.165) is 18.6 Å². The normalized spacial score (nSPS) is 10.6. The van der Waals surface area contributed by atoms with Crippen molar-refractivity contribution in [3.8, 4) is 16.9 Å². The molecule has 0 aliphatic rings. The molecule has 0 spiro atoms. The van der Waals surface area contributed by atoms with Gasteiger partial charge in [-0.15, -0.1) is 0 Å². The van der Waals surface area contributed by atoms with Crippen LogP contribution < -0.4 is 4.74 Å². The summed E-state index contributed by atoms with van der Waals surface area (Å²) >= 11 is 0. The lowest BCUT2D eigenvalue weighted by Gasteiger charge is -2.11. The van der Waals surface area contributed by atoms with Crippen LogP contribution in [0.4, 0.5) is 0 Å². The van der Waals surface area contributed by atoms with Gasteiger partial charge in [-0.2, -0.15) is 0 Å². The highest BCUT2D eigenvalue weighted by atomic mass is 16.5. The Morgan fingerprint density at radius 1 is 0.879 bits per heavy atom. The Balaban J connectivity index is 1.44. The highest BCUT2D eigenvalue weighted by Gasteiger charge is 2.05. The minimum absolute atomic E-state index is 0.332. The molecule has 4 heteroatoms. The fourth-order valence-corrected chi connectivity index (χ4v) is 3.68. The minimum Gasteiger partial charge on any atom is -0.493 e. The highest BCUT2D eigenvalue weighted by Crippen LogP contribution is 2.27. The van der Waals surface area contributed by atoms with Gasteiger partial charge in [-0.3, -0.25) is 4.98 Å². The first-order chi connectivity index (χ1) is 16.0. The van der Waals surface area contributed by atoms with Gasteiger partial charge in [0.1, 0.15) is 5.75 Å². The third kappa shape index (κ3) is 7.90. The number of benzene rings is 2. The fourth-order valence-electron chi connectivity index (χ4n) is 3.68. The Bertz CT molecular complexity index is 1040. The lowest BCUT2D eigenvalue weighted by atomic mass is 9.96. The molecule has 0 aliphatic heterocycles. The van der Waals surface area contributed by atoms with Crippen LogP contribution in [0.25, 0.3) is 11.1 Å². The molecular weight excluding hydrogens is 410 g/mol. The quantitative estimate of drug-likeness (QED) is 0.182. The zero-order valence-electron chi connectivity index (χ0n) is 19.7. The number of pyridine rings is 1. The van der Waals surface area contributed by atoms with Gasteiger partial charge in [-0.1, -0.05) is 36.9 Å². The molecule has 0 saturated carbocycles. The standard InChI is InChI=1S/C29H33NO3/c1-22(2)29(31)33-20-6-19-32-27-12-10-26(11-13-27)28-14-9-25(21-23(28)3)8-5-4-7-24-15-17-30-18-16-24/h9-18,21H,1,4-8,19-20H2,2-3H3. The average molecular weight is 444 g/mol. The molecule has 0 amide bonds. The Labute approximate surface area is 197 Å². The van der Waals surface area contributed by atoms with Crippen LogP contribution in [0.1, 0.15) is 42.9 Å². The summed E-state index contributed by atoms with van der Waals surface area (Å²) in [5, 5.41) is 0. The van der Waals surface area contributed by atoms with Crippen LogP contribution in [-0.2, 0) is 22.4 Å². The lowest BCUT2D eigenvalue weighted by Crippen LogP contribution is -2.09. The van der Waals surface area contributed by atoms with Crippen molar-refractivity contribution < 1.29 is 14.3 Å². The summed E-state index contributed by atoms with van der Waals surface area (Å²) in [6, 6.07) is 19.1. The minimum atomic E-state index is -0.356. The van der Waals surface area contributed by atoms with Crippen molar-refractivity contribution >= 4 is 5.97 Å². The van der Waals surface area contributed by atoms with Gasteiger partial charge in [-0.25, -0.2) is 4.79 Å². The molecule has 0 aliphatic carbocycles. The molecule has 3 rings (SSSR count). The zero-order chi connectivity index (χ0) is 23.5. The monoisotopic (exact) mass is 443 g/mol. The Morgan fingerprint density at radius 2 is 1.58 bits per heavy atom. The van der Waals surface area contributed by atoms with E-state index >= 15 is 0 Å². The molecule has 0 unspecified atom stereocenters. The second-order valence-electron chi connectivity index (χ2n) is 8.35. The lowest BCUT2D eigenvalue weighted by molar-refractivity contribution is -0.139. The summed E-state index contributed by atoms with van der Waals surface area (Å²) < 4.78 is 10.8. The number of ether oxygens (including phenoxy) is 2. The van der Waals surface area contributed by atoms with E-state index in [-0.39, 0.29) is 5.97 Å². The second-order valence-corrected chi connectivity index (χ2v) is 8.35. The van der Waals surface area contributed by atoms with Crippen LogP contribution in [0.15, 0.2) is 79.1 Å². The molecule has 2 aromatic carbocycles. The first-order valence-corrected chi connectivity index (χ1v) is 11.6. The third-order valence-electron chi connectivity index (χ3n) is 5.53. The summed E-state index contributed by atoms with van der Waals surface area (Å²) in [5.41, 5.74) is 6.87. The number of hydrogen-bond donors (Lipinski definition) is 0. The number of hydrogen-bond acceptors (Lipinski definition) is 4. The van der Waals surface area contributed by atoms with Crippen molar-refractivity contribution in [2.75, 3.05) is 13.2 Å². The van der Waals surface area contributed by atoms with Crippen molar-refractivity contribution in [1.29, 1.82) is 0 Å². The van der Waals surface area contributed by atoms with Crippen molar-refractivity contribution in [2.24, 2.45) is 0 Å². The predicted molar refractivity (Wildman–Crippen MR) is 133 cm³/mol. The van der Waals surface area contributed by atoms with E-state index in [9.17, 15) is 4.79 Å². The van der Waals surface area contributed by atoms with E-state index in [1.807, 2.05) is 24.5 Å². The zero-order valence-corrected chi connectivity index (χ0v) is 19.7. The van der Waals surface area contributed by atoms with Crippen LogP contribution >= 0.6 is 0 Å². The summed E-state index contributed by atoms with van der Waals surface area (Å²) in [6.45, 7) is 8.21. The van der Waals surface area contributed by atoms with E-state index < -0.39 is 0 Å². The van der Waals surface area contributed by atoms with Crippen molar-refractivity contribution in [2.45, 2.75) is 46.0 Å². The van der Waals surface area contributed by atoms with Gasteiger partial charge in [0, 0.05) is 24.4 Å². The number of rotatable bonds is 12. The van der Waals surface area contributed by atoms with E-state index in [1.165, 1.54) is 40.7 Å². The molecule has 0 N–H and O–H groups in total. The Morgan fingerprint density at radius 3 is 2.24 bits per heavy atom. The molecule has 3 aromatic rings. The van der Waals surface area contributed by atoms with Gasteiger partial charge in [0.25, 0.3) is 0 Å². The molecule has 1 heterocycles. The number of carbonyl (C=O) groups is 1. The Hall–Kier alpha value is -3.40. The molecule has 172 valence electrons.